The van der Waals surface area contributed by atoms with Crippen molar-refractivity contribution in [3.8, 4) is 0 Å². The molecule has 1 aromatic carbocycles. The van der Waals surface area contributed by atoms with E-state index in [1.54, 1.807) is 0 Å². The van der Waals surface area contributed by atoms with Crippen molar-refractivity contribution < 1.29 is 0 Å². The molecule has 0 aliphatic carbocycles. The normalized spacial score (nSPS) is 27.9. The summed E-state index contributed by atoms with van der Waals surface area (Å²) in [6.07, 6.45) is -0.165. The van der Waals surface area contributed by atoms with E-state index in [1.165, 1.54) is 5.56 Å². The summed E-state index contributed by atoms with van der Waals surface area (Å²) in [5, 5.41) is 16.1. The lowest BCUT2D eigenvalue weighted by atomic mass is 10.0. The van der Waals surface area contributed by atoms with Crippen LogP contribution in [0.4, 0.5) is 0 Å². The molecule has 0 aromatic heterocycles. The third-order valence-electron chi connectivity index (χ3n) is 2.83. The van der Waals surface area contributed by atoms with Crippen molar-refractivity contribution in [2.75, 3.05) is 13.1 Å². The van der Waals surface area contributed by atoms with Crippen molar-refractivity contribution in [3.05, 3.63) is 40.6 Å². The minimum absolute atomic E-state index is 0.165. The third kappa shape index (κ3) is 2.37. The van der Waals surface area contributed by atoms with Gasteiger partial charge in [-0.2, -0.15) is 0 Å². The molecule has 1 saturated heterocycles. The third-order valence-corrected chi connectivity index (χ3v) is 2.83. The van der Waals surface area contributed by atoms with E-state index in [9.17, 15) is 5.21 Å². The highest BCUT2D eigenvalue weighted by atomic mass is 16.5. The highest BCUT2D eigenvalue weighted by Gasteiger charge is 2.20. The lowest BCUT2D eigenvalue weighted by Crippen LogP contribution is -2.45. The van der Waals surface area contributed by atoms with E-state index in [2.05, 4.69) is 19.2 Å². The second-order valence-corrected chi connectivity index (χ2v) is 4.43. The molecular formula is C12H17N2O-. The Bertz CT molecular complexity index is 323. The Balaban J connectivity index is 2.13. The number of nitrogens with zero attached hydrogens (tertiary/aromatic N) is 1. The SMILES string of the molecule is Cc1ccc(C2NCC(C)CN2[O-])cc1. The largest absolute Gasteiger partial charge is 0.784 e. The molecule has 1 aliphatic rings. The smallest absolute Gasteiger partial charge is 0.0746 e. The van der Waals surface area contributed by atoms with Crippen LogP contribution in [-0.4, -0.2) is 18.2 Å². The number of rotatable bonds is 1. The monoisotopic (exact) mass is 205 g/mol. The molecule has 1 N–H and O–H groups in total. The number of hydrogen-bond donors (Lipinski definition) is 1. The fraction of sp³-hybridized carbons (Fsp3) is 0.500. The molecule has 2 unspecified atom stereocenters. The van der Waals surface area contributed by atoms with Crippen LogP contribution < -0.4 is 5.32 Å². The van der Waals surface area contributed by atoms with Crippen molar-refractivity contribution in [1.82, 2.24) is 10.4 Å². The maximum atomic E-state index is 11.7. The molecule has 1 fully saturated rings. The van der Waals surface area contributed by atoms with Gasteiger partial charge in [0.1, 0.15) is 0 Å². The van der Waals surface area contributed by atoms with Crippen LogP contribution in [0.1, 0.15) is 24.2 Å². The Morgan fingerprint density at radius 2 is 2.00 bits per heavy atom. The molecule has 3 nitrogen and oxygen atoms in total. The van der Waals surface area contributed by atoms with Gasteiger partial charge in [0.25, 0.3) is 0 Å². The summed E-state index contributed by atoms with van der Waals surface area (Å²) in [5.74, 6) is 0.434. The van der Waals surface area contributed by atoms with Crippen LogP contribution in [-0.2, 0) is 0 Å². The van der Waals surface area contributed by atoms with Crippen LogP contribution in [0.25, 0.3) is 0 Å². The summed E-state index contributed by atoms with van der Waals surface area (Å²) in [6.45, 7) is 5.67. The van der Waals surface area contributed by atoms with Crippen LogP contribution >= 0.6 is 0 Å². The van der Waals surface area contributed by atoms with Crippen molar-refractivity contribution in [2.24, 2.45) is 5.92 Å². The Labute approximate surface area is 90.7 Å². The molecule has 1 aromatic rings. The van der Waals surface area contributed by atoms with Gasteiger partial charge in [0, 0.05) is 6.54 Å². The molecule has 15 heavy (non-hydrogen) atoms. The molecule has 82 valence electrons. The van der Waals surface area contributed by atoms with Crippen LogP contribution in [0.5, 0.6) is 0 Å². The van der Waals surface area contributed by atoms with E-state index >= 15 is 0 Å². The number of benzene rings is 1. The first-order valence-corrected chi connectivity index (χ1v) is 5.40. The van der Waals surface area contributed by atoms with E-state index in [1.807, 2.05) is 24.3 Å². The van der Waals surface area contributed by atoms with Gasteiger partial charge in [-0.25, -0.2) is 0 Å². The minimum Gasteiger partial charge on any atom is -0.784 e. The fourth-order valence-corrected chi connectivity index (χ4v) is 1.92. The topological polar surface area (TPSA) is 38.3 Å². The van der Waals surface area contributed by atoms with E-state index in [0.29, 0.717) is 12.5 Å². The summed E-state index contributed by atoms with van der Waals surface area (Å²) in [6, 6.07) is 8.13. The lowest BCUT2D eigenvalue weighted by Gasteiger charge is -2.44. The number of aryl methyl sites for hydroxylation is 1. The molecule has 0 bridgehead atoms. The first kappa shape index (κ1) is 10.6. The van der Waals surface area contributed by atoms with Gasteiger partial charge in [-0.15, -0.1) is 0 Å². The van der Waals surface area contributed by atoms with Crippen molar-refractivity contribution in [3.63, 3.8) is 0 Å². The van der Waals surface area contributed by atoms with Crippen LogP contribution in [0.2, 0.25) is 0 Å². The van der Waals surface area contributed by atoms with Gasteiger partial charge in [0.05, 0.1) is 6.17 Å². The Morgan fingerprint density at radius 1 is 1.33 bits per heavy atom. The minimum atomic E-state index is -0.165. The molecule has 1 heterocycles. The second kappa shape index (κ2) is 4.31. The van der Waals surface area contributed by atoms with Crippen LogP contribution in [0.3, 0.4) is 0 Å². The summed E-state index contributed by atoms with van der Waals surface area (Å²) in [7, 11) is 0. The van der Waals surface area contributed by atoms with Gasteiger partial charge in [0.2, 0.25) is 0 Å². The summed E-state index contributed by atoms with van der Waals surface area (Å²) >= 11 is 0. The predicted octanol–water partition coefficient (Wildman–Crippen LogP) is 2.03. The zero-order chi connectivity index (χ0) is 10.8. The predicted molar refractivity (Wildman–Crippen MR) is 61.2 cm³/mol. The highest BCUT2D eigenvalue weighted by molar-refractivity contribution is 5.24. The van der Waals surface area contributed by atoms with Crippen molar-refractivity contribution in [1.29, 1.82) is 0 Å². The van der Waals surface area contributed by atoms with Gasteiger partial charge >= 0.3 is 0 Å². The molecule has 0 spiro atoms. The van der Waals surface area contributed by atoms with Crippen LogP contribution in [0, 0.1) is 18.0 Å². The molecule has 3 heteroatoms. The first-order chi connectivity index (χ1) is 7.16. The van der Waals surface area contributed by atoms with Crippen molar-refractivity contribution >= 4 is 0 Å². The Morgan fingerprint density at radius 3 is 2.60 bits per heavy atom. The number of nitrogens with one attached hydrogen (secondary N) is 1. The number of hydrogen-bond acceptors (Lipinski definition) is 3. The van der Waals surface area contributed by atoms with Gasteiger partial charge in [-0.05, 0) is 24.9 Å². The molecule has 1 aliphatic heterocycles. The van der Waals surface area contributed by atoms with Gasteiger partial charge in [0.15, 0.2) is 0 Å². The van der Waals surface area contributed by atoms with E-state index in [-0.39, 0.29) is 6.17 Å². The maximum absolute atomic E-state index is 11.7. The molecular weight excluding hydrogens is 188 g/mol. The zero-order valence-electron chi connectivity index (χ0n) is 9.23. The second-order valence-electron chi connectivity index (χ2n) is 4.43. The Kier molecular flexibility index (Phi) is 3.05. The van der Waals surface area contributed by atoms with Gasteiger partial charge in [-0.1, -0.05) is 36.8 Å². The van der Waals surface area contributed by atoms with Gasteiger partial charge < -0.3 is 10.3 Å². The molecule has 0 saturated carbocycles. The van der Waals surface area contributed by atoms with Gasteiger partial charge in [-0.3, -0.25) is 5.32 Å². The standard InChI is InChI=1S/C12H17N2O/c1-9-3-5-11(6-4-9)12-13-7-10(2)8-14(12)15/h3-6,10,12-13H,7-8H2,1-2H3/q-1. The molecule has 0 radical (unpaired) electrons. The maximum Gasteiger partial charge on any atom is 0.0746 e. The average molecular weight is 205 g/mol. The lowest BCUT2D eigenvalue weighted by molar-refractivity contribution is 0.155. The highest BCUT2D eigenvalue weighted by Crippen LogP contribution is 2.22. The Hall–Kier alpha value is -0.900. The van der Waals surface area contributed by atoms with E-state index in [0.717, 1.165) is 17.2 Å². The van der Waals surface area contributed by atoms with Crippen LogP contribution in [0.15, 0.2) is 24.3 Å². The summed E-state index contributed by atoms with van der Waals surface area (Å²) in [5.41, 5.74) is 2.28. The first-order valence-electron chi connectivity index (χ1n) is 5.40. The fourth-order valence-electron chi connectivity index (χ4n) is 1.92. The van der Waals surface area contributed by atoms with E-state index in [4.69, 9.17) is 0 Å². The molecule has 0 amide bonds. The average Bonchev–Trinajstić information content (AvgIpc) is 2.20. The zero-order valence-corrected chi connectivity index (χ0v) is 9.23. The van der Waals surface area contributed by atoms with E-state index < -0.39 is 0 Å². The molecule has 2 atom stereocenters. The van der Waals surface area contributed by atoms with Crippen molar-refractivity contribution in [2.45, 2.75) is 20.0 Å². The summed E-state index contributed by atoms with van der Waals surface area (Å²) < 4.78 is 0. The summed E-state index contributed by atoms with van der Waals surface area (Å²) in [4.78, 5) is 0. The molecule has 2 rings (SSSR count). The quantitative estimate of drug-likeness (QED) is 0.762. The number of hydroxylamine groups is 2.